The number of aromatic nitrogens is 2. The Morgan fingerprint density at radius 3 is 2.56 bits per heavy atom. The van der Waals surface area contributed by atoms with Gasteiger partial charge in [-0.25, -0.2) is 4.98 Å². The van der Waals surface area contributed by atoms with Gasteiger partial charge >= 0.3 is 0 Å². The van der Waals surface area contributed by atoms with Gasteiger partial charge in [0.25, 0.3) is 11.8 Å². The van der Waals surface area contributed by atoms with Gasteiger partial charge in [0.1, 0.15) is 5.69 Å². The number of methoxy groups -OCH3 is 2. The van der Waals surface area contributed by atoms with E-state index in [1.54, 1.807) is 29.9 Å². The Kier molecular flexibility index (Phi) is 6.39. The first-order chi connectivity index (χ1) is 15.6. The Morgan fingerprint density at radius 1 is 1.03 bits per heavy atom. The van der Waals surface area contributed by atoms with Gasteiger partial charge in [0, 0.05) is 32.4 Å². The lowest BCUT2D eigenvalue weighted by Crippen LogP contribution is -2.39. The molecule has 0 bridgehead atoms. The van der Waals surface area contributed by atoms with Crippen molar-refractivity contribution in [2.24, 2.45) is 0 Å². The molecular formula is C24H26N4O4. The molecule has 4 rings (SSSR count). The summed E-state index contributed by atoms with van der Waals surface area (Å²) in [5.74, 6) is 1.16. The normalized spacial score (nSPS) is 12.9. The fraction of sp³-hybridized carbons (Fsp3) is 0.292. The minimum atomic E-state index is -0.296. The number of hydrogen-bond acceptors (Lipinski definition) is 5. The lowest BCUT2D eigenvalue weighted by Gasteiger charge is -2.27. The quantitative estimate of drug-likeness (QED) is 0.589. The Balaban J connectivity index is 1.36. The van der Waals surface area contributed by atoms with E-state index in [0.29, 0.717) is 49.9 Å². The molecule has 1 aliphatic rings. The molecule has 0 saturated carbocycles. The maximum Gasteiger partial charge on any atom is 0.290 e. The van der Waals surface area contributed by atoms with Crippen LogP contribution >= 0.6 is 0 Å². The van der Waals surface area contributed by atoms with Crippen LogP contribution in [0, 0.1) is 0 Å². The van der Waals surface area contributed by atoms with Crippen molar-refractivity contribution < 1.29 is 19.1 Å². The fourth-order valence-corrected chi connectivity index (χ4v) is 3.74. The molecule has 1 aliphatic heterocycles. The molecule has 0 saturated heterocycles. The van der Waals surface area contributed by atoms with Crippen LogP contribution in [0.3, 0.4) is 0 Å². The number of nitrogens with one attached hydrogen (secondary N) is 1. The second kappa shape index (κ2) is 9.55. The molecule has 8 heteroatoms. The summed E-state index contributed by atoms with van der Waals surface area (Å²) in [6, 6.07) is 15.5. The molecule has 1 N–H and O–H groups in total. The second-order valence-electron chi connectivity index (χ2n) is 7.55. The van der Waals surface area contributed by atoms with Gasteiger partial charge in [-0.15, -0.1) is 0 Å². The zero-order chi connectivity index (χ0) is 22.5. The first kappa shape index (κ1) is 21.4. The highest BCUT2D eigenvalue weighted by Gasteiger charge is 2.28. The second-order valence-corrected chi connectivity index (χ2v) is 7.55. The monoisotopic (exact) mass is 434 g/mol. The number of carbonyl (C=O) groups excluding carboxylic acids is 2. The van der Waals surface area contributed by atoms with Crippen molar-refractivity contribution >= 4 is 11.8 Å². The van der Waals surface area contributed by atoms with E-state index >= 15 is 0 Å². The fourth-order valence-electron chi connectivity index (χ4n) is 3.74. The van der Waals surface area contributed by atoms with Gasteiger partial charge < -0.3 is 24.3 Å². The van der Waals surface area contributed by atoms with Crippen LogP contribution in [0.5, 0.6) is 11.5 Å². The molecule has 1 aromatic heterocycles. The molecule has 32 heavy (non-hydrogen) atoms. The highest BCUT2D eigenvalue weighted by Crippen LogP contribution is 2.27. The Labute approximate surface area is 186 Å². The number of rotatable bonds is 8. The van der Waals surface area contributed by atoms with Crippen molar-refractivity contribution in [2.75, 3.05) is 27.3 Å². The molecule has 0 aliphatic carbocycles. The molecule has 0 fully saturated rings. The van der Waals surface area contributed by atoms with Crippen LogP contribution in [-0.2, 0) is 19.5 Å². The molecule has 166 valence electrons. The molecule has 3 aromatic rings. The summed E-state index contributed by atoms with van der Waals surface area (Å²) in [5, 5.41) is 2.88. The summed E-state index contributed by atoms with van der Waals surface area (Å²) in [4.78, 5) is 31.5. The van der Waals surface area contributed by atoms with Gasteiger partial charge in [-0.1, -0.05) is 36.4 Å². The van der Waals surface area contributed by atoms with E-state index in [2.05, 4.69) is 10.3 Å². The zero-order valence-electron chi connectivity index (χ0n) is 18.2. The van der Waals surface area contributed by atoms with Crippen LogP contribution < -0.4 is 14.8 Å². The molecule has 0 atom stereocenters. The number of imidazole rings is 1. The minimum Gasteiger partial charge on any atom is -0.493 e. The van der Waals surface area contributed by atoms with Crippen molar-refractivity contribution in [3.05, 3.63) is 77.4 Å². The first-order valence-corrected chi connectivity index (χ1v) is 10.5. The van der Waals surface area contributed by atoms with Crippen LogP contribution in [0.25, 0.3) is 0 Å². The van der Waals surface area contributed by atoms with E-state index in [1.807, 2.05) is 48.5 Å². The maximum atomic E-state index is 12.9. The van der Waals surface area contributed by atoms with Crippen LogP contribution in [0.2, 0.25) is 0 Å². The third-order valence-corrected chi connectivity index (χ3v) is 5.46. The summed E-state index contributed by atoms with van der Waals surface area (Å²) in [7, 11) is 3.18. The van der Waals surface area contributed by atoms with Crippen LogP contribution in [0.1, 0.15) is 32.2 Å². The topological polar surface area (TPSA) is 85.7 Å². The van der Waals surface area contributed by atoms with E-state index in [4.69, 9.17) is 9.47 Å². The number of nitrogens with zero attached hydrogens (tertiary/aromatic N) is 3. The summed E-state index contributed by atoms with van der Waals surface area (Å²) in [6.45, 7) is 2.15. The number of benzene rings is 2. The SMILES string of the molecule is COc1ccc(CCNC(=O)c2cn3c(n2)C(=O)N(Cc2ccccc2)CC3)cc1OC. The summed E-state index contributed by atoms with van der Waals surface area (Å²) >= 11 is 0. The van der Waals surface area contributed by atoms with Crippen LogP contribution in [0.4, 0.5) is 0 Å². The molecule has 2 amide bonds. The van der Waals surface area contributed by atoms with Gasteiger partial charge in [0.15, 0.2) is 17.3 Å². The average molecular weight is 434 g/mol. The standard InChI is InChI=1S/C24H26N4O4/c1-31-20-9-8-17(14-21(20)32-2)10-11-25-23(29)19-16-27-12-13-28(24(30)22(27)26-19)15-18-6-4-3-5-7-18/h3-9,14,16H,10-13,15H2,1-2H3,(H,25,29). The maximum absolute atomic E-state index is 12.9. The molecular weight excluding hydrogens is 408 g/mol. The van der Waals surface area contributed by atoms with Crippen molar-refractivity contribution in [1.82, 2.24) is 19.8 Å². The highest BCUT2D eigenvalue weighted by molar-refractivity contribution is 5.96. The summed E-state index contributed by atoms with van der Waals surface area (Å²) in [5.41, 5.74) is 2.33. The average Bonchev–Trinajstić information content (AvgIpc) is 3.27. The first-order valence-electron chi connectivity index (χ1n) is 10.5. The van der Waals surface area contributed by atoms with E-state index < -0.39 is 0 Å². The van der Waals surface area contributed by atoms with Gasteiger partial charge in [0.2, 0.25) is 0 Å². The molecule has 0 radical (unpaired) electrons. The summed E-state index contributed by atoms with van der Waals surface area (Å²) < 4.78 is 12.3. The number of amides is 2. The van der Waals surface area contributed by atoms with Gasteiger partial charge in [-0.3, -0.25) is 9.59 Å². The number of hydrogen-bond donors (Lipinski definition) is 1. The highest BCUT2D eigenvalue weighted by atomic mass is 16.5. The van der Waals surface area contributed by atoms with Gasteiger partial charge in [0.05, 0.1) is 14.2 Å². The van der Waals surface area contributed by atoms with Crippen molar-refractivity contribution in [1.29, 1.82) is 0 Å². The summed E-state index contributed by atoms with van der Waals surface area (Å²) in [6.07, 6.45) is 2.28. The number of ether oxygens (including phenoxy) is 2. The van der Waals surface area contributed by atoms with E-state index in [0.717, 1.165) is 11.1 Å². The minimum absolute atomic E-state index is 0.163. The van der Waals surface area contributed by atoms with E-state index in [1.165, 1.54) is 0 Å². The predicted molar refractivity (Wildman–Crippen MR) is 119 cm³/mol. The van der Waals surface area contributed by atoms with Crippen LogP contribution in [-0.4, -0.2) is 53.6 Å². The molecule has 0 spiro atoms. The lowest BCUT2D eigenvalue weighted by molar-refractivity contribution is 0.0683. The molecule has 0 unspecified atom stereocenters. The third-order valence-electron chi connectivity index (χ3n) is 5.46. The third kappa shape index (κ3) is 4.59. The molecule has 2 aromatic carbocycles. The van der Waals surface area contributed by atoms with Gasteiger partial charge in [-0.2, -0.15) is 0 Å². The zero-order valence-corrected chi connectivity index (χ0v) is 18.2. The van der Waals surface area contributed by atoms with Crippen molar-refractivity contribution in [2.45, 2.75) is 19.5 Å². The molecule has 8 nitrogen and oxygen atoms in total. The predicted octanol–water partition coefficient (Wildman–Crippen LogP) is 2.53. The largest absolute Gasteiger partial charge is 0.493 e. The lowest BCUT2D eigenvalue weighted by atomic mass is 10.1. The smallest absolute Gasteiger partial charge is 0.290 e. The number of carbonyl (C=O) groups is 2. The Hall–Kier alpha value is -3.81. The molecule has 2 heterocycles. The Morgan fingerprint density at radius 2 is 1.81 bits per heavy atom. The van der Waals surface area contributed by atoms with E-state index in [-0.39, 0.29) is 17.5 Å². The number of fused-ring (bicyclic) bond motifs is 1. The Bertz CT molecular complexity index is 1110. The van der Waals surface area contributed by atoms with E-state index in [9.17, 15) is 9.59 Å². The van der Waals surface area contributed by atoms with Crippen molar-refractivity contribution in [3.63, 3.8) is 0 Å². The van der Waals surface area contributed by atoms with Crippen molar-refractivity contribution in [3.8, 4) is 11.5 Å². The van der Waals surface area contributed by atoms with Gasteiger partial charge in [-0.05, 0) is 29.7 Å². The van der Waals surface area contributed by atoms with Crippen LogP contribution in [0.15, 0.2) is 54.7 Å².